The average Bonchev–Trinajstić information content (AvgIpc) is 3.74. The number of benzene rings is 2. The van der Waals surface area contributed by atoms with E-state index in [2.05, 4.69) is 52.3 Å². The Morgan fingerprint density at radius 1 is 0.500 bits per heavy atom. The summed E-state index contributed by atoms with van der Waals surface area (Å²) in [4.78, 5) is 19.9. The Morgan fingerprint density at radius 2 is 0.921 bits per heavy atom. The molecule has 5 aromatic rings. The summed E-state index contributed by atoms with van der Waals surface area (Å²) in [5, 5.41) is 0. The van der Waals surface area contributed by atoms with Gasteiger partial charge in [0.2, 0.25) is 0 Å². The molecular weight excluding hydrogens is 545 g/mol. The van der Waals surface area contributed by atoms with Crippen LogP contribution in [0.4, 0.5) is 0 Å². The first-order valence-corrected chi connectivity index (χ1v) is 12.8. The molecule has 0 radical (unpaired) electrons. The van der Waals surface area contributed by atoms with Gasteiger partial charge in [-0.05, 0) is 57.1 Å². The van der Waals surface area contributed by atoms with Gasteiger partial charge in [0.25, 0.3) is 0 Å². The van der Waals surface area contributed by atoms with Gasteiger partial charge >= 0.3 is 23.1 Å². The van der Waals surface area contributed by atoms with Gasteiger partial charge in [-0.3, -0.25) is 0 Å². The van der Waals surface area contributed by atoms with Crippen molar-refractivity contribution in [3.63, 3.8) is 0 Å². The Kier molecular flexibility index (Phi) is 6.62. The third-order valence-electron chi connectivity index (χ3n) is 6.50. The zero-order valence-electron chi connectivity index (χ0n) is 20.3. The summed E-state index contributed by atoms with van der Waals surface area (Å²) >= 11 is 3.79. The van der Waals surface area contributed by atoms with Crippen LogP contribution in [-0.2, 0) is 0 Å². The Morgan fingerprint density at radius 3 is 1.37 bits per heavy atom. The third kappa shape index (κ3) is 4.45. The van der Waals surface area contributed by atoms with E-state index in [4.69, 9.17) is 19.9 Å². The zero-order chi connectivity index (χ0) is 24.8. The molecule has 7 rings (SSSR count). The summed E-state index contributed by atoms with van der Waals surface area (Å²) in [6.45, 7) is 0. The molecule has 0 fully saturated rings. The van der Waals surface area contributed by atoms with E-state index in [0.717, 1.165) is 71.6 Å². The maximum absolute atomic E-state index is 5.00. The predicted octanol–water partition coefficient (Wildman–Crippen LogP) is 7.63. The number of halogens is 1. The smallest absolute Gasteiger partial charge is 0.656 e. The molecule has 0 saturated carbocycles. The number of nitrogens with zero attached hydrogens (tertiary/aromatic N) is 4. The maximum Gasteiger partial charge on any atom is 2.00 e. The molecule has 0 amide bonds. The van der Waals surface area contributed by atoms with E-state index in [1.165, 1.54) is 0 Å². The van der Waals surface area contributed by atoms with Crippen molar-refractivity contribution in [3.8, 4) is 22.3 Å². The summed E-state index contributed by atoms with van der Waals surface area (Å²) in [6.07, 6.45) is 8.16. The number of hydrogen-bond acceptors (Lipinski definition) is 2. The molecule has 176 valence electrons. The summed E-state index contributed by atoms with van der Waals surface area (Å²) in [6, 6.07) is 30.7. The van der Waals surface area contributed by atoms with Crippen molar-refractivity contribution in [1.82, 2.24) is 19.9 Å². The molecule has 5 heterocycles. The fraction of sp³-hybridized carbons (Fsp3) is 0. The quantitative estimate of drug-likeness (QED) is 0.203. The topological polar surface area (TPSA) is 54.0 Å². The van der Waals surface area contributed by atoms with Gasteiger partial charge in [-0.1, -0.05) is 101 Å². The van der Waals surface area contributed by atoms with Crippen molar-refractivity contribution in [1.29, 1.82) is 0 Å². The van der Waals surface area contributed by atoms with Crippen molar-refractivity contribution in [2.45, 2.75) is 0 Å². The molecule has 0 atom stereocenters. The van der Waals surface area contributed by atoms with Crippen LogP contribution in [-0.4, -0.2) is 33.0 Å². The van der Waals surface area contributed by atoms with E-state index in [1.54, 1.807) is 0 Å². The second-order valence-electron chi connectivity index (χ2n) is 8.88. The van der Waals surface area contributed by atoms with Crippen LogP contribution in [0.1, 0.15) is 22.8 Å². The van der Waals surface area contributed by atoms with Gasteiger partial charge in [-0.15, -0.1) is 22.1 Å². The van der Waals surface area contributed by atoms with Crippen LogP contribution in [0, 0.1) is 0 Å². The van der Waals surface area contributed by atoms with Crippen LogP contribution in [0.3, 0.4) is 0 Å². The molecule has 4 nitrogen and oxygen atoms in total. The molecule has 0 N–H and O–H groups in total. The minimum atomic E-state index is 0. The van der Waals surface area contributed by atoms with Crippen molar-refractivity contribution in [3.05, 3.63) is 118 Å². The first kappa shape index (κ1) is 24.6. The van der Waals surface area contributed by atoms with E-state index < -0.39 is 0 Å². The van der Waals surface area contributed by atoms with Gasteiger partial charge in [-0.25, -0.2) is 9.97 Å². The Balaban J connectivity index is 0.00000264. The number of aromatic nitrogens is 4. The minimum Gasteiger partial charge on any atom is -0.656 e. The largest absolute Gasteiger partial charge is 2.00 e. The molecule has 0 saturated heterocycles. The van der Waals surface area contributed by atoms with Crippen LogP contribution in [0.25, 0.3) is 68.6 Å². The molecule has 6 heteroatoms. The van der Waals surface area contributed by atoms with Crippen LogP contribution in [0.15, 0.2) is 95.5 Å². The van der Waals surface area contributed by atoms with E-state index in [1.807, 2.05) is 78.9 Å². The molecule has 2 aromatic carbocycles. The summed E-state index contributed by atoms with van der Waals surface area (Å²) in [7, 11) is 0. The van der Waals surface area contributed by atoms with E-state index in [0.29, 0.717) is 0 Å². The van der Waals surface area contributed by atoms with Crippen molar-refractivity contribution >= 4 is 85.4 Å². The molecule has 0 aliphatic carbocycles. The van der Waals surface area contributed by atoms with Gasteiger partial charge in [-0.2, -0.15) is 0 Å². The fourth-order valence-electron chi connectivity index (χ4n) is 4.79. The van der Waals surface area contributed by atoms with Crippen LogP contribution in [0.2, 0.25) is 0 Å². The number of hydrogen-bond donors (Lipinski definition) is 0. The van der Waals surface area contributed by atoms with Crippen LogP contribution >= 0.6 is 15.9 Å². The second kappa shape index (κ2) is 10.2. The molecule has 3 aromatic heterocycles. The number of rotatable bonds is 2. The first-order chi connectivity index (χ1) is 18.2. The van der Waals surface area contributed by atoms with Crippen molar-refractivity contribution in [2.24, 2.45) is 0 Å². The minimum absolute atomic E-state index is 0. The fourth-order valence-corrected chi connectivity index (χ4v) is 5.23. The summed E-state index contributed by atoms with van der Waals surface area (Å²) < 4.78 is 0.845. The average molecular weight is 564 g/mol. The molecular formula is C32H19BrMgN4. The molecule has 2 aliphatic rings. The summed E-state index contributed by atoms with van der Waals surface area (Å²) in [5.41, 5.74) is 11.0. The SMILES string of the molecule is Brc1c2ccc([n-]2)c(-c2ccccc2)c2nc(cc3nc(c(-c4ccccc4)c4ccc1[n-]4)C=C3)C=C2.[Mg+2]. The van der Waals surface area contributed by atoms with Crippen LogP contribution < -0.4 is 9.97 Å². The third-order valence-corrected chi connectivity index (χ3v) is 7.31. The van der Waals surface area contributed by atoms with E-state index >= 15 is 0 Å². The van der Waals surface area contributed by atoms with E-state index in [-0.39, 0.29) is 23.1 Å². The Hall–Kier alpha value is -3.71. The molecule has 38 heavy (non-hydrogen) atoms. The van der Waals surface area contributed by atoms with Gasteiger partial charge < -0.3 is 9.97 Å². The van der Waals surface area contributed by atoms with Gasteiger partial charge in [0.15, 0.2) is 0 Å². The van der Waals surface area contributed by atoms with Gasteiger partial charge in [0, 0.05) is 0 Å². The second-order valence-corrected chi connectivity index (χ2v) is 9.68. The van der Waals surface area contributed by atoms with Crippen molar-refractivity contribution in [2.75, 3.05) is 0 Å². The normalized spacial score (nSPS) is 11.9. The molecule has 0 unspecified atom stereocenters. The molecule has 2 aliphatic heterocycles. The van der Waals surface area contributed by atoms with Gasteiger partial charge in [0.05, 0.1) is 22.8 Å². The van der Waals surface area contributed by atoms with Crippen molar-refractivity contribution < 1.29 is 0 Å². The molecule has 8 bridgehead atoms. The standard InChI is InChI=1S/C32H19BrN4.Mg/c33-32-28-17-15-26(36-28)30(20-7-3-1-4-8-20)24-13-11-22(34-24)19-23-12-14-25(35-23)31(21-9-5-2-6-10-21)27-16-18-29(32)37-27;/h1-19H;/q-2;+2. The Labute approximate surface area is 244 Å². The number of fused-ring (bicyclic) bond motifs is 8. The predicted molar refractivity (Wildman–Crippen MR) is 161 cm³/mol. The van der Waals surface area contributed by atoms with Gasteiger partial charge in [0.1, 0.15) is 0 Å². The zero-order valence-corrected chi connectivity index (χ0v) is 23.3. The maximum atomic E-state index is 5.00. The van der Waals surface area contributed by atoms with Crippen LogP contribution in [0.5, 0.6) is 0 Å². The summed E-state index contributed by atoms with van der Waals surface area (Å²) in [5.74, 6) is 0. The molecule has 0 spiro atoms. The monoisotopic (exact) mass is 562 g/mol. The van der Waals surface area contributed by atoms with E-state index in [9.17, 15) is 0 Å². The Bertz CT molecular complexity index is 1750. The first-order valence-electron chi connectivity index (χ1n) is 12.0.